The van der Waals surface area contributed by atoms with Gasteiger partial charge in [0.1, 0.15) is 19.3 Å². The molecular weight excluding hydrogens is 1190 g/mol. The van der Waals surface area contributed by atoms with Gasteiger partial charge >= 0.3 is 39.5 Å². The van der Waals surface area contributed by atoms with Crippen molar-refractivity contribution in [3.05, 3.63) is 0 Å². The molecule has 0 amide bonds. The first-order chi connectivity index (χ1) is 43.1. The van der Waals surface area contributed by atoms with Crippen molar-refractivity contribution in [3.63, 3.8) is 0 Å². The predicted molar refractivity (Wildman–Crippen MR) is 363 cm³/mol. The van der Waals surface area contributed by atoms with Crippen LogP contribution in [-0.4, -0.2) is 96.7 Å². The molecule has 3 N–H and O–H groups in total. The third kappa shape index (κ3) is 64.8. The van der Waals surface area contributed by atoms with E-state index in [-0.39, 0.29) is 25.7 Å². The van der Waals surface area contributed by atoms with Crippen LogP contribution in [0.5, 0.6) is 0 Å². The van der Waals surface area contributed by atoms with Gasteiger partial charge in [0.05, 0.1) is 26.4 Å². The minimum absolute atomic E-state index is 0.105. The third-order valence-electron chi connectivity index (χ3n) is 16.3. The molecule has 5 atom stereocenters. The van der Waals surface area contributed by atoms with E-state index in [0.717, 1.165) is 114 Å². The predicted octanol–water partition coefficient (Wildman–Crippen LogP) is 20.1. The Morgan fingerprint density at radius 2 is 0.467 bits per heavy atom. The average molecular weight is 1330 g/mol. The van der Waals surface area contributed by atoms with Crippen LogP contribution in [0, 0.1) is 23.7 Å². The Morgan fingerprint density at radius 1 is 0.278 bits per heavy atom. The molecule has 0 saturated heterocycles. The largest absolute Gasteiger partial charge is 0.472 e. The lowest BCUT2D eigenvalue weighted by Gasteiger charge is -2.21. The molecule has 17 nitrogen and oxygen atoms in total. The topological polar surface area (TPSA) is 237 Å². The Balaban J connectivity index is 5.26. The summed E-state index contributed by atoms with van der Waals surface area (Å²) in [4.78, 5) is 72.6. The molecule has 0 bridgehead atoms. The minimum Gasteiger partial charge on any atom is -0.462 e. The number of aliphatic hydroxyl groups is 1. The number of aliphatic hydroxyl groups excluding tert-OH is 1. The van der Waals surface area contributed by atoms with Crippen molar-refractivity contribution in [1.29, 1.82) is 0 Å². The zero-order valence-corrected chi connectivity index (χ0v) is 60.6. The molecule has 0 aliphatic rings. The van der Waals surface area contributed by atoms with Crippen molar-refractivity contribution in [3.8, 4) is 0 Å². The summed E-state index contributed by atoms with van der Waals surface area (Å²) < 4.78 is 68.3. The second-order valence-electron chi connectivity index (χ2n) is 27.5. The van der Waals surface area contributed by atoms with Gasteiger partial charge in [-0.05, 0) is 49.4 Å². The van der Waals surface area contributed by atoms with E-state index >= 15 is 0 Å². The van der Waals surface area contributed by atoms with Gasteiger partial charge < -0.3 is 33.8 Å². The summed E-state index contributed by atoms with van der Waals surface area (Å²) >= 11 is 0. The molecule has 0 heterocycles. The molecule has 3 unspecified atom stereocenters. The van der Waals surface area contributed by atoms with E-state index in [4.69, 9.17) is 37.0 Å². The maximum Gasteiger partial charge on any atom is 0.472 e. The normalized spacial score (nSPS) is 14.3. The van der Waals surface area contributed by atoms with Gasteiger partial charge in [-0.3, -0.25) is 37.3 Å². The number of rotatable bonds is 68. The Kier molecular flexibility index (Phi) is 59.4. The van der Waals surface area contributed by atoms with Crippen LogP contribution in [0.4, 0.5) is 0 Å². The first-order valence-electron chi connectivity index (χ1n) is 36.7. The van der Waals surface area contributed by atoms with Crippen LogP contribution >= 0.6 is 15.6 Å². The number of unbranched alkanes of at least 4 members (excludes halogenated alkanes) is 34. The highest BCUT2D eigenvalue weighted by Gasteiger charge is 2.30. The van der Waals surface area contributed by atoms with Crippen LogP contribution in [0.3, 0.4) is 0 Å². The summed E-state index contributed by atoms with van der Waals surface area (Å²) in [5.41, 5.74) is 0. The molecule has 90 heavy (non-hydrogen) atoms. The molecular formula is C71H138O17P2. The Hall–Kier alpha value is -1.94. The zero-order valence-electron chi connectivity index (χ0n) is 58.8. The Morgan fingerprint density at radius 3 is 0.689 bits per heavy atom. The highest BCUT2D eigenvalue weighted by atomic mass is 31.2. The quantitative estimate of drug-likeness (QED) is 0.0222. The molecule has 0 aliphatic carbocycles. The molecule has 534 valence electrons. The monoisotopic (exact) mass is 1320 g/mol. The van der Waals surface area contributed by atoms with Gasteiger partial charge in [-0.1, -0.05) is 299 Å². The molecule has 0 rings (SSSR count). The number of carbonyl (C=O) groups is 4. The first kappa shape index (κ1) is 88.1. The number of ether oxygens (including phenoxy) is 4. The lowest BCUT2D eigenvalue weighted by Crippen LogP contribution is -2.30. The molecule has 0 aromatic carbocycles. The van der Waals surface area contributed by atoms with Crippen molar-refractivity contribution in [2.24, 2.45) is 23.7 Å². The van der Waals surface area contributed by atoms with Gasteiger partial charge in [0.2, 0.25) is 0 Å². The maximum atomic E-state index is 13.0. The SMILES string of the molecule is CC(C)CCCCCCCCCCCCCC(=O)O[C@H](COC(=O)CCCCCCCCCCCCC(C)C)COP(=O)(O)OCC(O)COP(=O)(O)OC[C@@H](COC(=O)CCCCCCCCCC(C)C)OC(=O)CCCCCCCCCCCCC(C)C. The first-order valence-corrected chi connectivity index (χ1v) is 39.7. The van der Waals surface area contributed by atoms with E-state index in [2.05, 4.69) is 55.4 Å². The fourth-order valence-electron chi connectivity index (χ4n) is 10.7. The van der Waals surface area contributed by atoms with E-state index < -0.39 is 97.5 Å². The summed E-state index contributed by atoms with van der Waals surface area (Å²) in [6, 6.07) is 0. The van der Waals surface area contributed by atoms with Crippen LogP contribution in [0.1, 0.15) is 351 Å². The molecule has 0 spiro atoms. The van der Waals surface area contributed by atoms with Crippen molar-refractivity contribution >= 4 is 39.5 Å². The molecule has 0 radical (unpaired) electrons. The third-order valence-corrected chi connectivity index (χ3v) is 18.2. The van der Waals surface area contributed by atoms with E-state index in [0.29, 0.717) is 31.6 Å². The second kappa shape index (κ2) is 60.7. The Labute approximate surface area is 549 Å². The van der Waals surface area contributed by atoms with Gasteiger partial charge in [-0.25, -0.2) is 9.13 Å². The molecule has 19 heteroatoms. The lowest BCUT2D eigenvalue weighted by atomic mass is 10.0. The van der Waals surface area contributed by atoms with Gasteiger partial charge in [0, 0.05) is 25.7 Å². The molecule has 0 saturated carbocycles. The fourth-order valence-corrected chi connectivity index (χ4v) is 12.2. The Bertz CT molecular complexity index is 1780. The van der Waals surface area contributed by atoms with Crippen molar-refractivity contribution in [2.45, 2.75) is 369 Å². The highest BCUT2D eigenvalue weighted by Crippen LogP contribution is 2.45. The number of phosphoric acid groups is 2. The second-order valence-corrected chi connectivity index (χ2v) is 30.4. The summed E-state index contributed by atoms with van der Waals surface area (Å²) in [5.74, 6) is 0.853. The fraction of sp³-hybridized carbons (Fsp3) is 0.944. The number of hydrogen-bond donors (Lipinski definition) is 3. The zero-order chi connectivity index (χ0) is 66.8. The van der Waals surface area contributed by atoms with Crippen molar-refractivity contribution in [1.82, 2.24) is 0 Å². The average Bonchev–Trinajstić information content (AvgIpc) is 2.92. The van der Waals surface area contributed by atoms with Gasteiger partial charge in [-0.15, -0.1) is 0 Å². The van der Waals surface area contributed by atoms with E-state index in [1.165, 1.54) is 148 Å². The summed E-state index contributed by atoms with van der Waals surface area (Å²) in [6.45, 7) is 14.1. The van der Waals surface area contributed by atoms with Crippen LogP contribution in [0.15, 0.2) is 0 Å². The number of hydrogen-bond acceptors (Lipinski definition) is 15. The van der Waals surface area contributed by atoms with Crippen LogP contribution in [-0.2, 0) is 65.4 Å². The molecule has 0 aromatic rings. The van der Waals surface area contributed by atoms with E-state index in [1.54, 1.807) is 0 Å². The van der Waals surface area contributed by atoms with Gasteiger partial charge in [0.25, 0.3) is 0 Å². The lowest BCUT2D eigenvalue weighted by molar-refractivity contribution is -0.161. The van der Waals surface area contributed by atoms with Gasteiger partial charge in [0.15, 0.2) is 12.2 Å². The summed E-state index contributed by atoms with van der Waals surface area (Å²) in [5, 5.41) is 10.6. The summed E-state index contributed by atoms with van der Waals surface area (Å²) in [6.07, 6.45) is 43.1. The molecule has 0 fully saturated rings. The minimum atomic E-state index is -4.95. The van der Waals surface area contributed by atoms with Crippen molar-refractivity contribution < 1.29 is 80.2 Å². The molecule has 0 aromatic heterocycles. The van der Waals surface area contributed by atoms with Crippen LogP contribution in [0.25, 0.3) is 0 Å². The van der Waals surface area contributed by atoms with Crippen LogP contribution in [0.2, 0.25) is 0 Å². The standard InChI is InChI=1S/C71H138O17P2/c1-61(2)47-39-31-23-16-10-9-11-20-28-37-45-53-70(75)87-66(57-81-68(73)51-43-35-27-19-14-12-17-24-32-40-48-62(3)4)59-85-89(77,78)83-55-65(72)56-84-90(79,80)86-60-67(58-82-69(74)52-44-36-30-22-26-34-42-50-64(7)8)88-71(76)54-46-38-29-21-15-13-18-25-33-41-49-63(5)6/h61-67,72H,9-60H2,1-8H3,(H,77,78)(H,79,80)/t65?,66-,67-/m1/s1. The number of esters is 4. The van der Waals surface area contributed by atoms with E-state index in [1.807, 2.05) is 0 Å². The van der Waals surface area contributed by atoms with Crippen LogP contribution < -0.4 is 0 Å². The molecule has 0 aliphatic heterocycles. The van der Waals surface area contributed by atoms with Crippen molar-refractivity contribution in [2.75, 3.05) is 39.6 Å². The highest BCUT2D eigenvalue weighted by molar-refractivity contribution is 7.47. The van der Waals surface area contributed by atoms with E-state index in [9.17, 15) is 43.2 Å². The summed E-state index contributed by atoms with van der Waals surface area (Å²) in [7, 11) is -9.90. The number of phosphoric ester groups is 2. The van der Waals surface area contributed by atoms with Gasteiger partial charge in [-0.2, -0.15) is 0 Å². The smallest absolute Gasteiger partial charge is 0.462 e. The number of carbonyl (C=O) groups excluding carboxylic acids is 4. The maximum absolute atomic E-state index is 13.0.